The quantitative estimate of drug-likeness (QED) is 0.582. The fraction of sp³-hybridized carbons (Fsp3) is 0.0500. The first kappa shape index (κ1) is 13.6. The summed E-state index contributed by atoms with van der Waals surface area (Å²) in [5, 5.41) is 18.8. The number of aromatic carboxylic acids is 1. The van der Waals surface area contributed by atoms with E-state index in [4.69, 9.17) is 0 Å². The van der Waals surface area contributed by atoms with E-state index in [1.54, 1.807) is 24.3 Å². The van der Waals surface area contributed by atoms with Gasteiger partial charge in [-0.25, -0.2) is 4.79 Å². The molecule has 0 amide bonds. The van der Waals surface area contributed by atoms with Gasteiger partial charge in [0.25, 0.3) is 0 Å². The van der Waals surface area contributed by atoms with Gasteiger partial charge in [0.2, 0.25) is 0 Å². The highest BCUT2D eigenvalue weighted by molar-refractivity contribution is 5.91. The lowest BCUT2D eigenvalue weighted by atomic mass is 9.89. The van der Waals surface area contributed by atoms with Crippen LogP contribution in [0.1, 0.15) is 33.0 Å². The van der Waals surface area contributed by atoms with Crippen LogP contribution in [0.5, 0.6) is 5.75 Å². The fourth-order valence-electron chi connectivity index (χ4n) is 3.37. The summed E-state index contributed by atoms with van der Waals surface area (Å²) in [6, 6.07) is 20.5. The third-order valence-electron chi connectivity index (χ3n) is 4.40. The van der Waals surface area contributed by atoms with E-state index in [9.17, 15) is 15.0 Å². The van der Waals surface area contributed by atoms with Crippen molar-refractivity contribution in [2.24, 2.45) is 0 Å². The Labute approximate surface area is 133 Å². The number of phenols is 1. The van der Waals surface area contributed by atoms with Gasteiger partial charge in [-0.15, -0.1) is 0 Å². The van der Waals surface area contributed by atoms with Crippen LogP contribution in [0.25, 0.3) is 11.1 Å². The number of phenolic OH excluding ortho intramolecular Hbond substituents is 1. The topological polar surface area (TPSA) is 57.5 Å². The minimum atomic E-state index is -0.923. The number of rotatable bonds is 2. The Bertz CT molecular complexity index is 910. The zero-order valence-corrected chi connectivity index (χ0v) is 12.2. The molecule has 1 aliphatic carbocycles. The number of benzene rings is 3. The second-order valence-electron chi connectivity index (χ2n) is 5.72. The van der Waals surface area contributed by atoms with E-state index in [0.29, 0.717) is 5.56 Å². The lowest BCUT2D eigenvalue weighted by Gasteiger charge is -2.14. The molecule has 3 aromatic carbocycles. The van der Waals surface area contributed by atoms with Crippen LogP contribution in [-0.4, -0.2) is 16.2 Å². The molecule has 3 heteroatoms. The summed E-state index contributed by atoms with van der Waals surface area (Å²) in [5.41, 5.74) is 5.70. The van der Waals surface area contributed by atoms with Gasteiger partial charge in [-0.2, -0.15) is 0 Å². The summed E-state index contributed by atoms with van der Waals surface area (Å²) < 4.78 is 0. The van der Waals surface area contributed by atoms with Crippen molar-refractivity contribution in [1.29, 1.82) is 0 Å². The van der Waals surface area contributed by atoms with E-state index in [1.165, 1.54) is 0 Å². The van der Waals surface area contributed by atoms with Crippen molar-refractivity contribution in [3.05, 3.63) is 89.0 Å². The minimum Gasteiger partial charge on any atom is -0.508 e. The number of fused-ring (bicyclic) bond motifs is 3. The van der Waals surface area contributed by atoms with Crippen LogP contribution in [0.3, 0.4) is 0 Å². The molecule has 0 saturated heterocycles. The SMILES string of the molecule is O=C(O)c1ccc2c(c1)C(c1ccc(O)cc1)c1ccccc1-2. The van der Waals surface area contributed by atoms with E-state index in [2.05, 4.69) is 12.1 Å². The van der Waals surface area contributed by atoms with Gasteiger partial charge in [-0.05, 0) is 52.1 Å². The highest BCUT2D eigenvalue weighted by Gasteiger charge is 2.30. The normalized spacial score (nSPS) is 15.0. The van der Waals surface area contributed by atoms with Crippen molar-refractivity contribution >= 4 is 5.97 Å². The summed E-state index contributed by atoms with van der Waals surface area (Å²) in [5.74, 6) is -0.714. The molecule has 0 spiro atoms. The third-order valence-corrected chi connectivity index (χ3v) is 4.40. The molecule has 23 heavy (non-hydrogen) atoms. The molecule has 1 aliphatic rings. The Balaban J connectivity index is 1.97. The zero-order chi connectivity index (χ0) is 16.0. The first-order valence-electron chi connectivity index (χ1n) is 7.40. The van der Waals surface area contributed by atoms with Crippen LogP contribution in [0.15, 0.2) is 66.7 Å². The Hall–Kier alpha value is -3.07. The number of hydrogen-bond donors (Lipinski definition) is 2. The van der Waals surface area contributed by atoms with E-state index < -0.39 is 5.97 Å². The van der Waals surface area contributed by atoms with Crippen molar-refractivity contribution in [2.45, 2.75) is 5.92 Å². The monoisotopic (exact) mass is 302 g/mol. The Morgan fingerprint density at radius 1 is 0.826 bits per heavy atom. The number of carboxylic acids is 1. The van der Waals surface area contributed by atoms with Crippen molar-refractivity contribution in [3.8, 4) is 16.9 Å². The average Bonchev–Trinajstić information content (AvgIpc) is 2.89. The second-order valence-corrected chi connectivity index (χ2v) is 5.72. The second kappa shape index (κ2) is 4.99. The Kier molecular flexibility index (Phi) is 2.95. The standard InChI is InChI=1S/C20H14O3/c21-14-8-5-12(6-9-14)19-17-4-2-1-3-15(17)16-10-7-13(20(22)23)11-18(16)19/h1-11,19,21H,(H,22,23). The maximum Gasteiger partial charge on any atom is 0.335 e. The Morgan fingerprint density at radius 2 is 1.52 bits per heavy atom. The molecular weight excluding hydrogens is 288 g/mol. The van der Waals surface area contributed by atoms with Crippen molar-refractivity contribution in [3.63, 3.8) is 0 Å². The summed E-state index contributed by atoms with van der Waals surface area (Å²) in [4.78, 5) is 11.3. The van der Waals surface area contributed by atoms with Gasteiger partial charge >= 0.3 is 5.97 Å². The van der Waals surface area contributed by atoms with Crippen LogP contribution in [-0.2, 0) is 0 Å². The molecule has 112 valence electrons. The number of hydrogen-bond acceptors (Lipinski definition) is 2. The zero-order valence-electron chi connectivity index (χ0n) is 12.2. The predicted molar refractivity (Wildman–Crippen MR) is 87.9 cm³/mol. The highest BCUT2D eigenvalue weighted by Crippen LogP contribution is 2.48. The van der Waals surface area contributed by atoms with E-state index in [1.807, 2.05) is 30.3 Å². The van der Waals surface area contributed by atoms with Crippen LogP contribution < -0.4 is 0 Å². The summed E-state index contributed by atoms with van der Waals surface area (Å²) in [6.07, 6.45) is 0. The number of carbonyl (C=O) groups is 1. The largest absolute Gasteiger partial charge is 0.508 e. The molecule has 0 aliphatic heterocycles. The van der Waals surface area contributed by atoms with Crippen LogP contribution >= 0.6 is 0 Å². The van der Waals surface area contributed by atoms with Crippen LogP contribution in [0.4, 0.5) is 0 Å². The van der Waals surface area contributed by atoms with Gasteiger partial charge < -0.3 is 10.2 Å². The number of aromatic hydroxyl groups is 1. The fourth-order valence-corrected chi connectivity index (χ4v) is 3.37. The summed E-state index contributed by atoms with van der Waals surface area (Å²) in [7, 11) is 0. The van der Waals surface area contributed by atoms with E-state index in [-0.39, 0.29) is 11.7 Å². The van der Waals surface area contributed by atoms with Gasteiger partial charge in [-0.1, -0.05) is 42.5 Å². The van der Waals surface area contributed by atoms with Gasteiger partial charge in [0.1, 0.15) is 5.75 Å². The average molecular weight is 302 g/mol. The molecule has 0 aromatic heterocycles. The molecule has 1 atom stereocenters. The van der Waals surface area contributed by atoms with Gasteiger partial charge in [0, 0.05) is 5.92 Å². The molecular formula is C20H14O3. The predicted octanol–water partition coefficient (Wildman–Crippen LogP) is 4.25. The third kappa shape index (κ3) is 2.09. The van der Waals surface area contributed by atoms with Crippen molar-refractivity contribution < 1.29 is 15.0 Å². The van der Waals surface area contributed by atoms with Crippen LogP contribution in [0.2, 0.25) is 0 Å². The van der Waals surface area contributed by atoms with Crippen molar-refractivity contribution in [2.75, 3.05) is 0 Å². The molecule has 0 saturated carbocycles. The molecule has 0 heterocycles. The molecule has 4 rings (SSSR count). The number of carboxylic acid groups (broad SMARTS) is 1. The Morgan fingerprint density at radius 3 is 2.26 bits per heavy atom. The summed E-state index contributed by atoms with van der Waals surface area (Å²) >= 11 is 0. The van der Waals surface area contributed by atoms with E-state index >= 15 is 0 Å². The first-order valence-corrected chi connectivity index (χ1v) is 7.40. The van der Waals surface area contributed by atoms with E-state index in [0.717, 1.165) is 27.8 Å². The van der Waals surface area contributed by atoms with Crippen LogP contribution in [0, 0.1) is 0 Å². The molecule has 0 radical (unpaired) electrons. The maximum absolute atomic E-state index is 11.3. The van der Waals surface area contributed by atoms with Gasteiger partial charge in [-0.3, -0.25) is 0 Å². The smallest absolute Gasteiger partial charge is 0.335 e. The minimum absolute atomic E-state index is 0.0129. The molecule has 1 unspecified atom stereocenters. The lowest BCUT2D eigenvalue weighted by Crippen LogP contribution is -2.02. The molecule has 0 fully saturated rings. The molecule has 3 nitrogen and oxygen atoms in total. The van der Waals surface area contributed by atoms with Crippen molar-refractivity contribution in [1.82, 2.24) is 0 Å². The molecule has 0 bridgehead atoms. The summed E-state index contributed by atoms with van der Waals surface area (Å²) in [6.45, 7) is 0. The molecule has 2 N–H and O–H groups in total. The molecule has 3 aromatic rings. The maximum atomic E-state index is 11.3. The first-order chi connectivity index (χ1) is 11.1. The lowest BCUT2D eigenvalue weighted by molar-refractivity contribution is 0.0697. The highest BCUT2D eigenvalue weighted by atomic mass is 16.4. The van der Waals surface area contributed by atoms with Gasteiger partial charge in [0.05, 0.1) is 5.56 Å². The van der Waals surface area contributed by atoms with Gasteiger partial charge in [0.15, 0.2) is 0 Å².